The van der Waals surface area contributed by atoms with Crippen molar-refractivity contribution in [2.75, 3.05) is 18.4 Å². The average Bonchev–Trinajstić information content (AvgIpc) is 2.48. The van der Waals surface area contributed by atoms with Crippen LogP contribution in [0.25, 0.3) is 0 Å². The molecule has 2 rings (SSSR count). The highest BCUT2D eigenvalue weighted by Crippen LogP contribution is 2.23. The molecule has 0 aromatic carbocycles. The first kappa shape index (κ1) is 17.5. The van der Waals surface area contributed by atoms with Gasteiger partial charge in [0.05, 0.1) is 5.02 Å². The first-order valence-corrected chi connectivity index (χ1v) is 8.01. The van der Waals surface area contributed by atoms with E-state index in [0.29, 0.717) is 35.8 Å². The van der Waals surface area contributed by atoms with Crippen molar-refractivity contribution in [1.29, 1.82) is 0 Å². The summed E-state index contributed by atoms with van der Waals surface area (Å²) in [7, 11) is 0. The van der Waals surface area contributed by atoms with Gasteiger partial charge >= 0.3 is 6.09 Å². The summed E-state index contributed by atoms with van der Waals surface area (Å²) >= 11 is 6.12. The number of likely N-dealkylation sites (tertiary alicyclic amines) is 1. The number of carbonyl (C=O) groups excluding carboxylic acids is 2. The minimum absolute atomic E-state index is 0.0448. The summed E-state index contributed by atoms with van der Waals surface area (Å²) in [5, 5.41) is 3.63. The quantitative estimate of drug-likeness (QED) is 0.855. The van der Waals surface area contributed by atoms with Gasteiger partial charge < -0.3 is 15.0 Å². The van der Waals surface area contributed by atoms with Gasteiger partial charge in [0.25, 0.3) is 0 Å². The number of nitrogens with one attached hydrogen (secondary N) is 1. The molecule has 1 aliphatic rings. The van der Waals surface area contributed by atoms with Gasteiger partial charge in [0.2, 0.25) is 0 Å². The number of carbonyl (C=O) groups is 2. The molecule has 0 radical (unpaired) electrons. The number of amides is 1. The van der Waals surface area contributed by atoms with E-state index in [0.717, 1.165) is 12.8 Å². The van der Waals surface area contributed by atoms with E-state index in [9.17, 15) is 9.59 Å². The summed E-state index contributed by atoms with van der Waals surface area (Å²) in [4.78, 5) is 28.7. The van der Waals surface area contributed by atoms with Gasteiger partial charge in [-0.2, -0.15) is 0 Å². The normalized spacial score (nSPS) is 18.4. The van der Waals surface area contributed by atoms with Crippen molar-refractivity contribution < 1.29 is 14.3 Å². The lowest BCUT2D eigenvalue weighted by atomic mass is 10.1. The summed E-state index contributed by atoms with van der Waals surface area (Å²) in [6.45, 7) is 6.76. The minimum atomic E-state index is -0.507. The predicted octanol–water partition coefficient (Wildman–Crippen LogP) is 3.36. The highest BCUT2D eigenvalue weighted by Gasteiger charge is 2.28. The zero-order valence-corrected chi connectivity index (χ0v) is 14.4. The minimum Gasteiger partial charge on any atom is -0.444 e. The number of hydrogen-bond acceptors (Lipinski definition) is 5. The molecule has 0 saturated carbocycles. The van der Waals surface area contributed by atoms with Gasteiger partial charge in [-0.15, -0.1) is 0 Å². The van der Waals surface area contributed by atoms with Crippen LogP contribution in [0.15, 0.2) is 12.3 Å². The molecule has 2 heterocycles. The molecule has 0 unspecified atom stereocenters. The van der Waals surface area contributed by atoms with Gasteiger partial charge in [-0.25, -0.2) is 9.78 Å². The largest absolute Gasteiger partial charge is 0.444 e. The lowest BCUT2D eigenvalue weighted by Gasteiger charge is -2.34. The van der Waals surface area contributed by atoms with Gasteiger partial charge in [-0.3, -0.25) is 4.79 Å². The van der Waals surface area contributed by atoms with Crippen LogP contribution in [-0.2, 0) is 4.74 Å². The molecule has 0 bridgehead atoms. The Hall–Kier alpha value is -1.82. The van der Waals surface area contributed by atoms with Crippen LogP contribution in [-0.4, -0.2) is 47.0 Å². The second kappa shape index (κ2) is 7.17. The Bertz CT molecular complexity index is 586. The maximum Gasteiger partial charge on any atom is 0.410 e. The molecule has 0 spiro atoms. The Kier molecular flexibility index (Phi) is 5.46. The van der Waals surface area contributed by atoms with Crippen molar-refractivity contribution in [1.82, 2.24) is 9.88 Å². The summed E-state index contributed by atoms with van der Waals surface area (Å²) < 4.78 is 5.41. The van der Waals surface area contributed by atoms with Crippen LogP contribution in [0.2, 0.25) is 5.02 Å². The van der Waals surface area contributed by atoms with Crippen molar-refractivity contribution in [3.05, 3.63) is 22.8 Å². The standard InChI is InChI=1S/C16H22ClN3O3/c1-16(2,3)23-15(22)20-6-4-5-12(9-20)19-14-13(17)7-11(10-21)8-18-14/h7-8,10,12H,4-6,9H2,1-3H3,(H,18,19)/t12-/m1/s1. The Morgan fingerprint density at radius 2 is 2.26 bits per heavy atom. The zero-order chi connectivity index (χ0) is 17.0. The second-order valence-electron chi connectivity index (χ2n) is 6.63. The van der Waals surface area contributed by atoms with E-state index in [4.69, 9.17) is 16.3 Å². The van der Waals surface area contributed by atoms with E-state index in [1.54, 1.807) is 11.0 Å². The zero-order valence-electron chi connectivity index (χ0n) is 13.6. The predicted molar refractivity (Wildman–Crippen MR) is 89.1 cm³/mol. The number of hydrogen-bond donors (Lipinski definition) is 1. The number of ether oxygens (including phenoxy) is 1. The fourth-order valence-corrected chi connectivity index (χ4v) is 2.63. The lowest BCUT2D eigenvalue weighted by Crippen LogP contribution is -2.47. The highest BCUT2D eigenvalue weighted by molar-refractivity contribution is 6.33. The summed E-state index contributed by atoms with van der Waals surface area (Å²) in [5.74, 6) is 0.522. The molecule has 7 heteroatoms. The van der Waals surface area contributed by atoms with Gasteiger partial charge in [-0.05, 0) is 39.7 Å². The number of aromatic nitrogens is 1. The third-order valence-electron chi connectivity index (χ3n) is 3.41. The maximum absolute atomic E-state index is 12.2. The molecule has 1 atom stereocenters. The van der Waals surface area contributed by atoms with Crippen LogP contribution in [0, 0.1) is 0 Å². The monoisotopic (exact) mass is 339 g/mol. The van der Waals surface area contributed by atoms with Gasteiger partial charge in [-0.1, -0.05) is 11.6 Å². The molecule has 1 aromatic heterocycles. The number of pyridine rings is 1. The molecule has 23 heavy (non-hydrogen) atoms. The topological polar surface area (TPSA) is 71.5 Å². The van der Waals surface area contributed by atoms with Gasteiger partial charge in [0.1, 0.15) is 11.4 Å². The van der Waals surface area contributed by atoms with Gasteiger partial charge in [0.15, 0.2) is 6.29 Å². The Morgan fingerprint density at radius 3 is 2.87 bits per heavy atom. The Balaban J connectivity index is 1.99. The second-order valence-corrected chi connectivity index (χ2v) is 7.03. The van der Waals surface area contributed by atoms with Crippen molar-refractivity contribution in [2.45, 2.75) is 45.3 Å². The van der Waals surface area contributed by atoms with Crippen molar-refractivity contribution >= 4 is 29.8 Å². The molecule has 6 nitrogen and oxygen atoms in total. The third kappa shape index (κ3) is 5.10. The van der Waals surface area contributed by atoms with E-state index in [2.05, 4.69) is 10.3 Å². The van der Waals surface area contributed by atoms with E-state index in [1.807, 2.05) is 20.8 Å². The van der Waals surface area contributed by atoms with Crippen LogP contribution in [0.4, 0.5) is 10.6 Å². The Labute approximate surface area is 141 Å². The molecule has 0 aliphatic carbocycles. The first-order chi connectivity index (χ1) is 10.8. The number of rotatable bonds is 3. The molecular formula is C16H22ClN3O3. The van der Waals surface area contributed by atoms with E-state index < -0.39 is 5.60 Å². The molecule has 1 aliphatic heterocycles. The molecule has 1 aromatic rings. The maximum atomic E-state index is 12.2. The highest BCUT2D eigenvalue weighted by atomic mass is 35.5. The third-order valence-corrected chi connectivity index (χ3v) is 3.70. The van der Waals surface area contributed by atoms with Crippen molar-refractivity contribution in [2.24, 2.45) is 0 Å². The molecular weight excluding hydrogens is 318 g/mol. The van der Waals surface area contributed by atoms with Crippen LogP contribution in [0.5, 0.6) is 0 Å². The first-order valence-electron chi connectivity index (χ1n) is 7.63. The number of piperidine rings is 1. The molecule has 1 saturated heterocycles. The number of nitrogens with zero attached hydrogens (tertiary/aromatic N) is 2. The fraction of sp³-hybridized carbons (Fsp3) is 0.562. The van der Waals surface area contributed by atoms with Crippen LogP contribution in [0.3, 0.4) is 0 Å². The number of anilines is 1. The molecule has 126 valence electrons. The van der Waals surface area contributed by atoms with Crippen LogP contribution < -0.4 is 5.32 Å². The summed E-state index contributed by atoms with van der Waals surface area (Å²) in [6.07, 6.45) is 3.65. The lowest BCUT2D eigenvalue weighted by molar-refractivity contribution is 0.0206. The summed E-state index contributed by atoms with van der Waals surface area (Å²) in [6, 6.07) is 1.61. The van der Waals surface area contributed by atoms with E-state index in [1.165, 1.54) is 6.20 Å². The SMILES string of the molecule is CC(C)(C)OC(=O)N1CCC[C@@H](Nc2ncc(C=O)cc2Cl)C1. The van der Waals surface area contributed by atoms with Crippen LogP contribution >= 0.6 is 11.6 Å². The van der Waals surface area contributed by atoms with Crippen molar-refractivity contribution in [3.63, 3.8) is 0 Å². The molecule has 1 fully saturated rings. The van der Waals surface area contributed by atoms with Crippen molar-refractivity contribution in [3.8, 4) is 0 Å². The fourth-order valence-electron chi connectivity index (χ4n) is 2.40. The molecule has 1 N–H and O–H groups in total. The van der Waals surface area contributed by atoms with E-state index >= 15 is 0 Å². The smallest absolute Gasteiger partial charge is 0.410 e. The summed E-state index contributed by atoms with van der Waals surface area (Å²) in [5.41, 5.74) is -0.0768. The van der Waals surface area contributed by atoms with Gasteiger partial charge in [0, 0.05) is 30.9 Å². The van der Waals surface area contributed by atoms with E-state index in [-0.39, 0.29) is 12.1 Å². The Morgan fingerprint density at radius 1 is 1.52 bits per heavy atom. The average molecular weight is 340 g/mol. The number of aldehydes is 1. The van der Waals surface area contributed by atoms with Crippen LogP contribution in [0.1, 0.15) is 44.0 Å². The number of halogens is 1. The molecule has 1 amide bonds.